The summed E-state index contributed by atoms with van der Waals surface area (Å²) in [4.78, 5) is 23.4. The van der Waals surface area contributed by atoms with E-state index in [1.54, 1.807) is 19.4 Å². The molecule has 0 aliphatic carbocycles. The molecule has 23 heavy (non-hydrogen) atoms. The van der Waals surface area contributed by atoms with Crippen LogP contribution in [0, 0.1) is 0 Å². The lowest BCUT2D eigenvalue weighted by atomic mass is 10.2. The molecule has 0 saturated heterocycles. The van der Waals surface area contributed by atoms with Gasteiger partial charge in [-0.2, -0.15) is 0 Å². The lowest BCUT2D eigenvalue weighted by Crippen LogP contribution is -2.24. The fourth-order valence-corrected chi connectivity index (χ4v) is 3.56. The van der Waals surface area contributed by atoms with Gasteiger partial charge in [-0.15, -0.1) is 11.8 Å². The molecular formula is C17H19N3O2S. The molecule has 0 fully saturated rings. The van der Waals surface area contributed by atoms with Crippen molar-refractivity contribution in [1.29, 1.82) is 0 Å². The second kappa shape index (κ2) is 7.10. The lowest BCUT2D eigenvalue weighted by Gasteiger charge is -2.20. The normalized spacial score (nSPS) is 14.9. The smallest absolute Gasteiger partial charge is 0.213 e. The molecule has 5 nitrogen and oxygen atoms in total. The molecule has 2 aromatic rings. The minimum Gasteiger partial charge on any atom is -0.481 e. The minimum absolute atomic E-state index is 0.00348. The Bertz CT molecular complexity index is 703. The third kappa shape index (κ3) is 3.89. The number of nitrogens with zero attached hydrogens (tertiary/aromatic N) is 3. The zero-order chi connectivity index (χ0) is 16.2. The van der Waals surface area contributed by atoms with Crippen LogP contribution in [0.15, 0.2) is 35.5 Å². The second-order valence-electron chi connectivity index (χ2n) is 5.50. The van der Waals surface area contributed by atoms with Crippen LogP contribution in [0.2, 0.25) is 0 Å². The summed E-state index contributed by atoms with van der Waals surface area (Å²) in [6, 6.07) is 5.79. The average molecular weight is 329 g/mol. The fourth-order valence-electron chi connectivity index (χ4n) is 2.55. The molecule has 0 atom stereocenters. The highest BCUT2D eigenvalue weighted by Gasteiger charge is 2.16. The number of carbonyl (C=O) groups is 1. The van der Waals surface area contributed by atoms with E-state index in [1.165, 1.54) is 17.4 Å². The molecule has 0 aromatic carbocycles. The van der Waals surface area contributed by atoms with Crippen LogP contribution in [-0.2, 0) is 13.1 Å². The van der Waals surface area contributed by atoms with Crippen LogP contribution in [0.5, 0.6) is 5.88 Å². The van der Waals surface area contributed by atoms with Gasteiger partial charge in [-0.3, -0.25) is 14.7 Å². The maximum atomic E-state index is 11.3. The number of thioether (sulfide) groups is 1. The van der Waals surface area contributed by atoms with E-state index < -0.39 is 0 Å². The van der Waals surface area contributed by atoms with Gasteiger partial charge >= 0.3 is 0 Å². The first-order valence-corrected chi connectivity index (χ1v) is 8.48. The predicted octanol–water partition coefficient (Wildman–Crippen LogP) is 2.80. The first kappa shape index (κ1) is 16.0. The van der Waals surface area contributed by atoms with Crippen LogP contribution in [0.1, 0.15) is 28.5 Å². The van der Waals surface area contributed by atoms with Crippen LogP contribution in [0.4, 0.5) is 0 Å². The van der Waals surface area contributed by atoms with E-state index in [-0.39, 0.29) is 5.78 Å². The summed E-state index contributed by atoms with van der Waals surface area (Å²) in [5.41, 5.74) is 2.87. The van der Waals surface area contributed by atoms with E-state index in [4.69, 9.17) is 4.74 Å². The molecule has 0 radical (unpaired) electrons. The number of pyridine rings is 2. The van der Waals surface area contributed by atoms with Crippen LogP contribution >= 0.6 is 11.8 Å². The summed E-state index contributed by atoms with van der Waals surface area (Å²) in [7, 11) is 1.64. The van der Waals surface area contributed by atoms with Crippen molar-refractivity contribution < 1.29 is 9.53 Å². The summed E-state index contributed by atoms with van der Waals surface area (Å²) in [5, 5.41) is 0. The van der Waals surface area contributed by atoms with Crippen molar-refractivity contribution in [2.24, 2.45) is 0 Å². The van der Waals surface area contributed by atoms with E-state index >= 15 is 0 Å². The van der Waals surface area contributed by atoms with Gasteiger partial charge in [-0.25, -0.2) is 4.98 Å². The van der Waals surface area contributed by atoms with E-state index in [9.17, 15) is 4.79 Å². The Kier molecular flexibility index (Phi) is 4.93. The highest BCUT2D eigenvalue weighted by Crippen LogP contribution is 2.29. The van der Waals surface area contributed by atoms with E-state index in [2.05, 4.69) is 14.9 Å². The Morgan fingerprint density at radius 1 is 1.35 bits per heavy atom. The molecule has 3 rings (SSSR count). The summed E-state index contributed by atoms with van der Waals surface area (Å²) in [5.74, 6) is 1.68. The first-order chi connectivity index (χ1) is 11.2. The maximum absolute atomic E-state index is 11.3. The van der Waals surface area contributed by atoms with Crippen molar-refractivity contribution in [2.75, 3.05) is 19.4 Å². The van der Waals surface area contributed by atoms with Crippen LogP contribution < -0.4 is 4.74 Å². The van der Waals surface area contributed by atoms with Gasteiger partial charge < -0.3 is 4.74 Å². The molecule has 1 aliphatic heterocycles. The van der Waals surface area contributed by atoms with E-state index in [1.807, 2.05) is 30.1 Å². The second-order valence-corrected chi connectivity index (χ2v) is 6.64. The van der Waals surface area contributed by atoms with Crippen molar-refractivity contribution >= 4 is 17.5 Å². The molecule has 0 saturated carbocycles. The molecule has 6 heteroatoms. The molecule has 0 bridgehead atoms. The Labute approximate surface area is 140 Å². The van der Waals surface area contributed by atoms with Gasteiger partial charge in [0.1, 0.15) is 5.69 Å². The number of hydrogen-bond acceptors (Lipinski definition) is 6. The van der Waals surface area contributed by atoms with Gasteiger partial charge in [0.25, 0.3) is 0 Å². The number of ketones is 1. The monoisotopic (exact) mass is 329 g/mol. The Morgan fingerprint density at radius 3 is 2.91 bits per heavy atom. The van der Waals surface area contributed by atoms with Crippen LogP contribution in [0.25, 0.3) is 0 Å². The average Bonchev–Trinajstić information content (AvgIpc) is 2.76. The first-order valence-electron chi connectivity index (χ1n) is 7.49. The van der Waals surface area contributed by atoms with Gasteiger partial charge in [0.2, 0.25) is 5.88 Å². The van der Waals surface area contributed by atoms with Crippen molar-refractivity contribution in [3.8, 4) is 5.88 Å². The number of methoxy groups -OCH3 is 1. The van der Waals surface area contributed by atoms with Gasteiger partial charge in [0, 0.05) is 55.7 Å². The number of ether oxygens (including phenoxy) is 1. The van der Waals surface area contributed by atoms with E-state index in [0.29, 0.717) is 11.6 Å². The fraction of sp³-hybridized carbons (Fsp3) is 0.353. The van der Waals surface area contributed by atoms with Crippen molar-refractivity contribution in [2.45, 2.75) is 24.9 Å². The highest BCUT2D eigenvalue weighted by atomic mass is 32.2. The number of fused-ring (bicyclic) bond motifs is 1. The third-order valence-electron chi connectivity index (χ3n) is 3.78. The topological polar surface area (TPSA) is 55.3 Å². The molecule has 120 valence electrons. The molecule has 0 amide bonds. The molecule has 2 aromatic heterocycles. The quantitative estimate of drug-likeness (QED) is 0.804. The number of hydrogen-bond donors (Lipinski definition) is 0. The van der Waals surface area contributed by atoms with Crippen molar-refractivity contribution in [1.82, 2.24) is 14.9 Å². The predicted molar refractivity (Wildman–Crippen MR) is 89.9 cm³/mol. The molecule has 1 aliphatic rings. The van der Waals surface area contributed by atoms with Gasteiger partial charge in [-0.1, -0.05) is 6.07 Å². The Balaban J connectivity index is 1.74. The van der Waals surface area contributed by atoms with Gasteiger partial charge in [0.15, 0.2) is 5.78 Å². The molecule has 0 spiro atoms. The largest absolute Gasteiger partial charge is 0.481 e. The summed E-state index contributed by atoms with van der Waals surface area (Å²) < 4.78 is 5.23. The maximum Gasteiger partial charge on any atom is 0.213 e. The Morgan fingerprint density at radius 2 is 2.22 bits per heavy atom. The highest BCUT2D eigenvalue weighted by molar-refractivity contribution is 7.99. The standard InChI is InChI=1S/C17H19N3O2S/c1-12(21)15-4-3-13(8-18-15)10-20-5-6-23-16-9-19-17(22-2)7-14(16)11-20/h3-4,7-9H,5-6,10-11H2,1-2H3. The number of rotatable bonds is 4. The summed E-state index contributed by atoms with van der Waals surface area (Å²) in [6.45, 7) is 4.20. The van der Waals surface area contributed by atoms with Gasteiger partial charge in [-0.05, 0) is 17.2 Å². The van der Waals surface area contributed by atoms with E-state index in [0.717, 1.165) is 31.0 Å². The molecule has 3 heterocycles. The minimum atomic E-state index is -0.00348. The molecule has 0 unspecified atom stereocenters. The number of aromatic nitrogens is 2. The van der Waals surface area contributed by atoms with Crippen molar-refractivity contribution in [3.63, 3.8) is 0 Å². The zero-order valence-electron chi connectivity index (χ0n) is 13.3. The zero-order valence-corrected chi connectivity index (χ0v) is 14.1. The number of carbonyl (C=O) groups excluding carboxylic acids is 1. The van der Waals surface area contributed by atoms with Crippen LogP contribution in [0.3, 0.4) is 0 Å². The SMILES string of the molecule is COc1cc2c(cn1)SCCN(Cc1ccc(C(C)=O)nc1)C2. The van der Waals surface area contributed by atoms with Crippen molar-refractivity contribution in [3.05, 3.63) is 47.4 Å². The van der Waals surface area contributed by atoms with Gasteiger partial charge in [0.05, 0.1) is 7.11 Å². The number of Topliss-reactive ketones (excluding diaryl/α,β-unsaturated/α-hetero) is 1. The Hall–Kier alpha value is -1.92. The van der Waals surface area contributed by atoms with Crippen LogP contribution in [-0.4, -0.2) is 40.1 Å². The molecular weight excluding hydrogens is 310 g/mol. The lowest BCUT2D eigenvalue weighted by molar-refractivity contribution is 0.101. The third-order valence-corrected chi connectivity index (χ3v) is 4.85. The summed E-state index contributed by atoms with van der Waals surface area (Å²) in [6.07, 6.45) is 3.69. The molecule has 0 N–H and O–H groups in total. The summed E-state index contributed by atoms with van der Waals surface area (Å²) >= 11 is 1.83.